The topological polar surface area (TPSA) is 75.4 Å². The van der Waals surface area contributed by atoms with Crippen molar-refractivity contribution < 1.29 is 9.59 Å². The Morgan fingerprint density at radius 3 is 2.48 bits per heavy atom. The minimum absolute atomic E-state index is 0.0745. The molecule has 0 atom stereocenters. The van der Waals surface area contributed by atoms with Crippen LogP contribution in [0.5, 0.6) is 0 Å². The van der Waals surface area contributed by atoms with Gasteiger partial charge in [0.15, 0.2) is 0 Å². The molecule has 2 aliphatic rings. The molecular formula is C18H25N3O2. The van der Waals surface area contributed by atoms with Gasteiger partial charge in [0, 0.05) is 24.2 Å². The zero-order chi connectivity index (χ0) is 16.2. The quantitative estimate of drug-likeness (QED) is 0.846. The molecule has 3 amide bonds. The zero-order valence-electron chi connectivity index (χ0n) is 13.5. The van der Waals surface area contributed by atoms with Crippen molar-refractivity contribution in [1.82, 2.24) is 10.2 Å². The minimum atomic E-state index is -0.419. The SMILES string of the molecule is NC(=O)c1cccc(CCNC(=O)N(C2CCCC2)C2CC2)c1. The van der Waals surface area contributed by atoms with Gasteiger partial charge in [-0.25, -0.2) is 4.79 Å². The van der Waals surface area contributed by atoms with Crippen molar-refractivity contribution >= 4 is 11.9 Å². The first kappa shape index (κ1) is 15.8. The molecule has 23 heavy (non-hydrogen) atoms. The van der Waals surface area contributed by atoms with Crippen LogP contribution in [0.4, 0.5) is 4.79 Å². The molecule has 0 aromatic heterocycles. The van der Waals surface area contributed by atoms with E-state index in [1.54, 1.807) is 12.1 Å². The fourth-order valence-electron chi connectivity index (χ4n) is 3.45. The second-order valence-corrected chi connectivity index (χ2v) is 6.62. The normalized spacial score (nSPS) is 17.9. The fourth-order valence-corrected chi connectivity index (χ4v) is 3.45. The molecule has 124 valence electrons. The van der Waals surface area contributed by atoms with Gasteiger partial charge in [-0.2, -0.15) is 0 Å². The van der Waals surface area contributed by atoms with Gasteiger partial charge in [0.2, 0.25) is 5.91 Å². The Kier molecular flexibility index (Phi) is 4.84. The summed E-state index contributed by atoms with van der Waals surface area (Å²) in [7, 11) is 0. The maximum absolute atomic E-state index is 12.5. The number of carbonyl (C=O) groups excluding carboxylic acids is 2. The molecule has 0 aliphatic heterocycles. The summed E-state index contributed by atoms with van der Waals surface area (Å²) >= 11 is 0. The standard InChI is InChI=1S/C18H25N3O2/c19-17(22)14-5-3-4-13(12-14)10-11-20-18(23)21(16-8-9-16)15-6-1-2-7-15/h3-5,12,15-16H,1-2,6-11H2,(H2,19,22)(H,20,23). The molecule has 0 spiro atoms. The van der Waals surface area contributed by atoms with Crippen LogP contribution in [0.25, 0.3) is 0 Å². The monoisotopic (exact) mass is 315 g/mol. The first-order valence-corrected chi connectivity index (χ1v) is 8.60. The summed E-state index contributed by atoms with van der Waals surface area (Å²) in [5.74, 6) is -0.419. The van der Waals surface area contributed by atoms with Gasteiger partial charge in [-0.3, -0.25) is 4.79 Å². The molecule has 0 unspecified atom stereocenters. The van der Waals surface area contributed by atoms with Crippen LogP contribution >= 0.6 is 0 Å². The van der Waals surface area contributed by atoms with Crippen molar-refractivity contribution in [2.45, 2.75) is 57.0 Å². The van der Waals surface area contributed by atoms with Gasteiger partial charge >= 0.3 is 6.03 Å². The van der Waals surface area contributed by atoms with Crippen molar-refractivity contribution in [3.63, 3.8) is 0 Å². The highest BCUT2D eigenvalue weighted by Gasteiger charge is 2.38. The summed E-state index contributed by atoms with van der Waals surface area (Å²) < 4.78 is 0. The van der Waals surface area contributed by atoms with E-state index in [0.29, 0.717) is 30.6 Å². The number of nitrogens with zero attached hydrogens (tertiary/aromatic N) is 1. The van der Waals surface area contributed by atoms with Crippen molar-refractivity contribution in [3.05, 3.63) is 35.4 Å². The predicted octanol–water partition coefficient (Wildman–Crippen LogP) is 2.44. The first-order valence-electron chi connectivity index (χ1n) is 8.60. The average Bonchev–Trinajstić information content (AvgIpc) is 3.22. The van der Waals surface area contributed by atoms with Crippen LogP contribution in [0.3, 0.4) is 0 Å². The van der Waals surface area contributed by atoms with Crippen molar-refractivity contribution in [3.8, 4) is 0 Å². The number of carbonyl (C=O) groups is 2. The van der Waals surface area contributed by atoms with E-state index in [1.165, 1.54) is 12.8 Å². The molecule has 2 saturated carbocycles. The lowest BCUT2D eigenvalue weighted by Gasteiger charge is -2.29. The highest BCUT2D eigenvalue weighted by Crippen LogP contribution is 2.34. The van der Waals surface area contributed by atoms with E-state index in [-0.39, 0.29) is 6.03 Å². The third kappa shape index (κ3) is 4.03. The largest absolute Gasteiger partial charge is 0.366 e. The van der Waals surface area contributed by atoms with Gasteiger partial charge in [-0.15, -0.1) is 0 Å². The van der Waals surface area contributed by atoms with Crippen molar-refractivity contribution in [1.29, 1.82) is 0 Å². The Hall–Kier alpha value is -2.04. The number of rotatable bonds is 6. The van der Waals surface area contributed by atoms with Gasteiger partial charge in [0.25, 0.3) is 0 Å². The fraction of sp³-hybridized carbons (Fsp3) is 0.556. The predicted molar refractivity (Wildman–Crippen MR) is 89.2 cm³/mol. The van der Waals surface area contributed by atoms with Gasteiger partial charge in [0.1, 0.15) is 0 Å². The summed E-state index contributed by atoms with van der Waals surface area (Å²) in [6.45, 7) is 0.580. The summed E-state index contributed by atoms with van der Waals surface area (Å²) in [6.07, 6.45) is 7.75. The van der Waals surface area contributed by atoms with Crippen LogP contribution in [0.1, 0.15) is 54.4 Å². The number of nitrogens with one attached hydrogen (secondary N) is 1. The van der Waals surface area contributed by atoms with Crippen LogP contribution in [-0.4, -0.2) is 35.5 Å². The Bertz CT molecular complexity index is 577. The zero-order valence-corrected chi connectivity index (χ0v) is 13.5. The van der Waals surface area contributed by atoms with Gasteiger partial charge in [0.05, 0.1) is 0 Å². The van der Waals surface area contributed by atoms with E-state index in [9.17, 15) is 9.59 Å². The number of hydrogen-bond donors (Lipinski definition) is 2. The Labute approximate surface area is 137 Å². The molecule has 3 rings (SSSR count). The number of benzene rings is 1. The summed E-state index contributed by atoms with van der Waals surface area (Å²) in [5, 5.41) is 3.05. The summed E-state index contributed by atoms with van der Waals surface area (Å²) in [5.41, 5.74) is 6.82. The highest BCUT2D eigenvalue weighted by molar-refractivity contribution is 5.92. The van der Waals surface area contributed by atoms with Crippen molar-refractivity contribution in [2.75, 3.05) is 6.54 Å². The number of nitrogens with two attached hydrogens (primary N) is 1. The lowest BCUT2D eigenvalue weighted by molar-refractivity contribution is 0.1000. The Balaban J connectivity index is 1.52. The maximum atomic E-state index is 12.5. The van der Waals surface area contributed by atoms with E-state index in [1.807, 2.05) is 12.1 Å². The lowest BCUT2D eigenvalue weighted by Crippen LogP contribution is -2.47. The van der Waals surface area contributed by atoms with Crippen LogP contribution in [0, 0.1) is 0 Å². The maximum Gasteiger partial charge on any atom is 0.317 e. The second-order valence-electron chi connectivity index (χ2n) is 6.62. The number of primary amides is 1. The van der Waals surface area contributed by atoms with Gasteiger partial charge in [-0.1, -0.05) is 25.0 Å². The molecule has 2 fully saturated rings. The molecule has 0 radical (unpaired) electrons. The molecule has 1 aromatic rings. The molecule has 0 saturated heterocycles. The lowest BCUT2D eigenvalue weighted by atomic mass is 10.1. The van der Waals surface area contributed by atoms with E-state index < -0.39 is 5.91 Å². The third-order valence-electron chi connectivity index (χ3n) is 4.79. The molecule has 0 bridgehead atoms. The minimum Gasteiger partial charge on any atom is -0.366 e. The molecule has 0 heterocycles. The van der Waals surface area contributed by atoms with E-state index >= 15 is 0 Å². The van der Waals surface area contributed by atoms with E-state index in [2.05, 4.69) is 10.2 Å². The van der Waals surface area contributed by atoms with Crippen molar-refractivity contribution in [2.24, 2.45) is 5.73 Å². The van der Waals surface area contributed by atoms with Crippen LogP contribution in [0.15, 0.2) is 24.3 Å². The number of amides is 3. The molecule has 3 N–H and O–H groups in total. The number of urea groups is 1. The summed E-state index contributed by atoms with van der Waals surface area (Å²) in [6, 6.07) is 8.24. The van der Waals surface area contributed by atoms with Crippen LogP contribution < -0.4 is 11.1 Å². The molecule has 5 heteroatoms. The molecule has 2 aliphatic carbocycles. The first-order chi connectivity index (χ1) is 11.1. The van der Waals surface area contributed by atoms with Gasteiger partial charge in [-0.05, 0) is 49.8 Å². The number of hydrogen-bond acceptors (Lipinski definition) is 2. The van der Waals surface area contributed by atoms with E-state index in [0.717, 1.165) is 31.2 Å². The molecule has 1 aromatic carbocycles. The Morgan fingerprint density at radius 2 is 1.83 bits per heavy atom. The van der Waals surface area contributed by atoms with Crippen LogP contribution in [-0.2, 0) is 6.42 Å². The summed E-state index contributed by atoms with van der Waals surface area (Å²) in [4.78, 5) is 25.8. The third-order valence-corrected chi connectivity index (χ3v) is 4.79. The second kappa shape index (κ2) is 7.02. The van der Waals surface area contributed by atoms with E-state index in [4.69, 9.17) is 5.73 Å². The average molecular weight is 315 g/mol. The highest BCUT2D eigenvalue weighted by atomic mass is 16.2. The smallest absolute Gasteiger partial charge is 0.317 e. The molecule has 5 nitrogen and oxygen atoms in total. The Morgan fingerprint density at radius 1 is 1.13 bits per heavy atom. The van der Waals surface area contributed by atoms with Crippen LogP contribution in [0.2, 0.25) is 0 Å². The van der Waals surface area contributed by atoms with Gasteiger partial charge < -0.3 is 16.0 Å². The molecular weight excluding hydrogens is 290 g/mol.